The molecule has 0 aromatic heterocycles. The van der Waals surface area contributed by atoms with Gasteiger partial charge in [-0.05, 0) is 24.1 Å². The molecule has 0 N–H and O–H groups in total. The fourth-order valence-corrected chi connectivity index (χ4v) is 3.76. The first-order valence-corrected chi connectivity index (χ1v) is 7.50. The van der Waals surface area contributed by atoms with E-state index in [4.69, 9.17) is 11.6 Å². The Hall–Kier alpha value is -0.520. The first-order valence-electron chi connectivity index (χ1n) is 6.25. The highest BCUT2D eigenvalue weighted by Crippen LogP contribution is 2.43. The first kappa shape index (κ1) is 17.5. The molecule has 0 aliphatic carbocycles. The summed E-state index contributed by atoms with van der Waals surface area (Å²) in [6.07, 6.45) is 0.820. The van der Waals surface area contributed by atoms with Gasteiger partial charge in [0, 0.05) is 24.4 Å². The van der Waals surface area contributed by atoms with Crippen molar-refractivity contribution in [1.82, 2.24) is 4.90 Å². The topological polar surface area (TPSA) is 32.7 Å². The van der Waals surface area contributed by atoms with E-state index in [2.05, 4.69) is 4.99 Å². The summed E-state index contributed by atoms with van der Waals surface area (Å²) in [4.78, 5) is 18.2. The van der Waals surface area contributed by atoms with Gasteiger partial charge >= 0.3 is 0 Å². The average Bonchev–Trinajstić information content (AvgIpc) is 2.42. The minimum absolute atomic E-state index is 0. The van der Waals surface area contributed by atoms with Crippen LogP contribution >= 0.6 is 40.3 Å². The summed E-state index contributed by atoms with van der Waals surface area (Å²) in [5.41, 5.74) is 1.13. The Bertz CT molecular complexity index is 506. The Balaban J connectivity index is 0.00000200. The van der Waals surface area contributed by atoms with E-state index in [1.165, 1.54) is 0 Å². The highest BCUT2D eigenvalue weighted by Gasteiger charge is 2.38. The van der Waals surface area contributed by atoms with Gasteiger partial charge in [0.25, 0.3) is 0 Å². The Morgan fingerprint density at radius 1 is 1.35 bits per heavy atom. The minimum Gasteiger partial charge on any atom is -0.294 e. The molecular weight excluding hydrogens is 360 g/mol. The molecule has 1 saturated heterocycles. The minimum atomic E-state index is -0.0123. The summed E-state index contributed by atoms with van der Waals surface area (Å²) in [7, 11) is 3.51. The first-order chi connectivity index (χ1) is 9.08. The number of rotatable bonds is 2. The van der Waals surface area contributed by atoms with Crippen LogP contribution < -0.4 is 0 Å². The van der Waals surface area contributed by atoms with Crippen LogP contribution in [0.15, 0.2) is 29.3 Å². The lowest BCUT2D eigenvalue weighted by Crippen LogP contribution is -2.43. The Kier molecular flexibility index (Phi) is 6.55. The molecule has 1 aromatic carbocycles. The zero-order chi connectivity index (χ0) is 14.0. The van der Waals surface area contributed by atoms with Gasteiger partial charge in [-0.25, -0.2) is 0 Å². The van der Waals surface area contributed by atoms with Gasteiger partial charge in [-0.2, -0.15) is 0 Å². The number of amidine groups is 1. The summed E-state index contributed by atoms with van der Waals surface area (Å²) < 4.78 is 0. The molecule has 3 nitrogen and oxygen atoms in total. The van der Waals surface area contributed by atoms with E-state index >= 15 is 0 Å². The molecule has 1 fully saturated rings. The van der Waals surface area contributed by atoms with Crippen molar-refractivity contribution in [3.05, 3.63) is 34.9 Å². The third kappa shape index (κ3) is 3.38. The molecule has 2 atom stereocenters. The number of aliphatic imine (C=N–C) groups is 1. The molecule has 1 aromatic rings. The molecule has 0 bridgehead atoms. The third-order valence-electron chi connectivity index (χ3n) is 3.36. The van der Waals surface area contributed by atoms with Crippen molar-refractivity contribution >= 4 is 51.4 Å². The Morgan fingerprint density at radius 2 is 1.95 bits per heavy atom. The monoisotopic (exact) mass is 376 g/mol. The third-order valence-corrected chi connectivity index (χ3v) is 5.14. The molecule has 110 valence electrons. The standard InChI is InChI=1S/C14H17ClN2OS.BrH/c1-4-11-12(9-5-7-10(15)8-6-9)19-14(16-2)17(3)13(11)18;/h5-8,11-12H,4H2,1-3H3;1H. The molecule has 2 rings (SSSR count). The smallest absolute Gasteiger partial charge is 0.232 e. The predicted molar refractivity (Wildman–Crippen MR) is 92.0 cm³/mol. The highest BCUT2D eigenvalue weighted by atomic mass is 79.9. The van der Waals surface area contributed by atoms with E-state index < -0.39 is 0 Å². The number of carbonyl (C=O) groups excluding carboxylic acids is 1. The number of benzene rings is 1. The average molecular weight is 378 g/mol. The molecule has 0 saturated carbocycles. The van der Waals surface area contributed by atoms with E-state index in [0.717, 1.165) is 17.2 Å². The second-order valence-electron chi connectivity index (χ2n) is 4.51. The lowest BCUT2D eigenvalue weighted by Gasteiger charge is -2.35. The zero-order valence-electron chi connectivity index (χ0n) is 11.7. The van der Waals surface area contributed by atoms with Crippen molar-refractivity contribution < 1.29 is 4.79 Å². The SMILES string of the molecule is Br.CCC1C(=O)N(C)C(=NC)SC1c1ccc(Cl)cc1. The van der Waals surface area contributed by atoms with Crippen molar-refractivity contribution in [3.8, 4) is 0 Å². The van der Waals surface area contributed by atoms with Crippen molar-refractivity contribution in [3.63, 3.8) is 0 Å². The van der Waals surface area contributed by atoms with Crippen LogP contribution in [0.1, 0.15) is 24.2 Å². The molecular formula is C14H18BrClN2OS. The molecule has 2 unspecified atom stereocenters. The molecule has 0 radical (unpaired) electrons. The van der Waals surface area contributed by atoms with Crippen LogP contribution in [0.4, 0.5) is 0 Å². The van der Waals surface area contributed by atoms with E-state index in [1.807, 2.05) is 31.2 Å². The highest BCUT2D eigenvalue weighted by molar-refractivity contribution is 8.93. The summed E-state index contributed by atoms with van der Waals surface area (Å²) >= 11 is 7.57. The number of halogens is 2. The lowest BCUT2D eigenvalue weighted by atomic mass is 9.94. The van der Waals surface area contributed by atoms with Gasteiger partial charge in [-0.1, -0.05) is 42.4 Å². The number of nitrogens with zero attached hydrogens (tertiary/aromatic N) is 2. The molecule has 1 aliphatic heterocycles. The summed E-state index contributed by atoms with van der Waals surface area (Å²) in [6, 6.07) is 7.73. The van der Waals surface area contributed by atoms with Crippen molar-refractivity contribution in [2.24, 2.45) is 10.9 Å². The maximum absolute atomic E-state index is 12.4. The Morgan fingerprint density at radius 3 is 2.45 bits per heavy atom. The maximum atomic E-state index is 12.4. The zero-order valence-corrected chi connectivity index (χ0v) is 15.0. The molecule has 0 spiro atoms. The van der Waals surface area contributed by atoms with Crippen LogP contribution in [0.2, 0.25) is 5.02 Å². The Labute approximate surface area is 139 Å². The van der Waals surface area contributed by atoms with Crippen LogP contribution in [-0.4, -0.2) is 30.1 Å². The number of amides is 1. The second kappa shape index (κ2) is 7.48. The van der Waals surface area contributed by atoms with Crippen LogP contribution in [-0.2, 0) is 4.79 Å². The molecule has 1 amide bonds. The van der Waals surface area contributed by atoms with Gasteiger partial charge in [0.2, 0.25) is 5.91 Å². The number of hydrogen-bond donors (Lipinski definition) is 0. The van der Waals surface area contributed by atoms with Gasteiger partial charge in [0.05, 0.1) is 5.92 Å². The van der Waals surface area contributed by atoms with Crippen molar-refractivity contribution in [2.45, 2.75) is 18.6 Å². The fourth-order valence-electron chi connectivity index (χ4n) is 2.29. The summed E-state index contributed by atoms with van der Waals surface area (Å²) in [6.45, 7) is 2.05. The van der Waals surface area contributed by atoms with Crippen LogP contribution in [0, 0.1) is 5.92 Å². The second-order valence-corrected chi connectivity index (χ2v) is 6.05. The van der Waals surface area contributed by atoms with E-state index in [-0.39, 0.29) is 34.1 Å². The molecule has 1 aliphatic rings. The summed E-state index contributed by atoms with van der Waals surface area (Å²) in [5.74, 6) is 0.128. The predicted octanol–water partition coefficient (Wildman–Crippen LogP) is 4.18. The van der Waals surface area contributed by atoms with E-state index in [0.29, 0.717) is 5.02 Å². The van der Waals surface area contributed by atoms with Gasteiger partial charge in [0.1, 0.15) is 0 Å². The molecule has 20 heavy (non-hydrogen) atoms. The molecule has 1 heterocycles. The van der Waals surface area contributed by atoms with Crippen molar-refractivity contribution in [2.75, 3.05) is 14.1 Å². The van der Waals surface area contributed by atoms with Crippen molar-refractivity contribution in [1.29, 1.82) is 0 Å². The lowest BCUT2D eigenvalue weighted by molar-refractivity contribution is -0.130. The maximum Gasteiger partial charge on any atom is 0.232 e. The number of thioether (sulfide) groups is 1. The fraction of sp³-hybridized carbons (Fsp3) is 0.429. The number of carbonyl (C=O) groups is 1. The van der Waals surface area contributed by atoms with Crippen LogP contribution in [0.5, 0.6) is 0 Å². The van der Waals surface area contributed by atoms with Gasteiger partial charge in [-0.15, -0.1) is 17.0 Å². The quantitative estimate of drug-likeness (QED) is 0.774. The normalized spacial score (nSPS) is 24.7. The van der Waals surface area contributed by atoms with Gasteiger partial charge < -0.3 is 0 Å². The van der Waals surface area contributed by atoms with Gasteiger partial charge in [0.15, 0.2) is 5.17 Å². The van der Waals surface area contributed by atoms with Crippen LogP contribution in [0.25, 0.3) is 0 Å². The van der Waals surface area contributed by atoms with E-state index in [1.54, 1.807) is 30.8 Å². The largest absolute Gasteiger partial charge is 0.294 e. The van der Waals surface area contributed by atoms with E-state index in [9.17, 15) is 4.79 Å². The summed E-state index contributed by atoms with van der Waals surface area (Å²) in [5, 5.41) is 1.60. The number of hydrogen-bond acceptors (Lipinski definition) is 3. The molecule has 6 heteroatoms. The van der Waals surface area contributed by atoms with Crippen LogP contribution in [0.3, 0.4) is 0 Å². The van der Waals surface area contributed by atoms with Gasteiger partial charge in [-0.3, -0.25) is 14.7 Å².